The van der Waals surface area contributed by atoms with Gasteiger partial charge in [0.25, 0.3) is 0 Å². The molecule has 1 amide bonds. The lowest BCUT2D eigenvalue weighted by Crippen LogP contribution is -2.49. The van der Waals surface area contributed by atoms with Gasteiger partial charge in [0, 0.05) is 44.7 Å². The second-order valence-electron chi connectivity index (χ2n) is 7.57. The Morgan fingerprint density at radius 1 is 1.21 bits per heavy atom. The third-order valence-corrected chi connectivity index (χ3v) is 7.77. The maximum Gasteiger partial charge on any atom is 0.248 e. The molecule has 2 aliphatic rings. The van der Waals surface area contributed by atoms with Crippen LogP contribution in [0.1, 0.15) is 31.2 Å². The van der Waals surface area contributed by atoms with Gasteiger partial charge >= 0.3 is 0 Å². The molecule has 1 unspecified atom stereocenters. The number of sulfonamides is 1. The number of hydrogen-bond donors (Lipinski definition) is 1. The van der Waals surface area contributed by atoms with E-state index in [1.165, 1.54) is 4.31 Å². The monoisotopic (exact) mass is 414 g/mol. The van der Waals surface area contributed by atoms with Crippen LogP contribution < -0.4 is 5.32 Å². The fourth-order valence-electron chi connectivity index (χ4n) is 3.87. The van der Waals surface area contributed by atoms with Crippen LogP contribution in [0.4, 0.5) is 0 Å². The minimum atomic E-state index is -3.64. The predicted octanol–water partition coefficient (Wildman–Crippen LogP) is 0.529. The largest absolute Gasteiger partial charge is 0.379 e. The number of nitrogens with zero attached hydrogens (tertiary/aromatic N) is 3. The average molecular weight is 415 g/mol. The highest BCUT2D eigenvalue weighted by molar-refractivity contribution is 7.89. The van der Waals surface area contributed by atoms with Crippen molar-refractivity contribution in [3.63, 3.8) is 0 Å². The van der Waals surface area contributed by atoms with Gasteiger partial charge in [-0.25, -0.2) is 8.42 Å². The van der Waals surface area contributed by atoms with Crippen molar-refractivity contribution in [2.75, 3.05) is 45.9 Å². The number of aryl methyl sites for hydroxylation is 2. The Kier molecular flexibility index (Phi) is 6.74. The van der Waals surface area contributed by atoms with Gasteiger partial charge in [-0.15, -0.1) is 0 Å². The van der Waals surface area contributed by atoms with Crippen molar-refractivity contribution in [2.45, 2.75) is 44.6 Å². The van der Waals surface area contributed by atoms with E-state index in [1.807, 2.05) is 0 Å². The molecule has 0 aromatic carbocycles. The van der Waals surface area contributed by atoms with Crippen LogP contribution in [0.5, 0.6) is 0 Å². The van der Waals surface area contributed by atoms with Crippen molar-refractivity contribution >= 4 is 15.9 Å². The van der Waals surface area contributed by atoms with E-state index >= 15 is 0 Å². The number of carbonyl (C=O) groups excluding carboxylic acids is 1. The standard InChI is InChI=1S/C18H30N4O5S/c1-13(21-8-10-26-11-9-21)12-19-18(23)16-4-6-22(7-5-16)28(24,25)17-14(2)20-27-15(17)3/h13,16H,4-12H2,1-3H3,(H,19,23). The summed E-state index contributed by atoms with van der Waals surface area (Å²) >= 11 is 0. The first kappa shape index (κ1) is 21.2. The van der Waals surface area contributed by atoms with Crippen molar-refractivity contribution in [1.82, 2.24) is 19.7 Å². The third kappa shape index (κ3) is 4.56. The van der Waals surface area contributed by atoms with Crippen LogP contribution in [0.3, 0.4) is 0 Å². The average Bonchev–Trinajstić information content (AvgIpc) is 3.05. The molecule has 1 aromatic heterocycles. The molecule has 0 bridgehead atoms. The van der Waals surface area contributed by atoms with Crippen molar-refractivity contribution in [3.8, 4) is 0 Å². The molecule has 0 saturated carbocycles. The van der Waals surface area contributed by atoms with Gasteiger partial charge in [-0.2, -0.15) is 4.31 Å². The van der Waals surface area contributed by atoms with Gasteiger partial charge in [0.05, 0.1) is 13.2 Å². The third-order valence-electron chi connectivity index (χ3n) is 5.63. The highest BCUT2D eigenvalue weighted by atomic mass is 32.2. The normalized spacial score (nSPS) is 21.5. The van der Waals surface area contributed by atoms with E-state index in [0.717, 1.165) is 26.3 Å². The molecule has 9 nitrogen and oxygen atoms in total. The van der Waals surface area contributed by atoms with E-state index < -0.39 is 10.0 Å². The Morgan fingerprint density at radius 2 is 1.86 bits per heavy atom. The number of ether oxygens (including phenoxy) is 1. The molecular weight excluding hydrogens is 384 g/mol. The minimum absolute atomic E-state index is 0.00879. The predicted molar refractivity (Wildman–Crippen MR) is 102 cm³/mol. The van der Waals surface area contributed by atoms with Gasteiger partial charge in [0.2, 0.25) is 15.9 Å². The number of piperidine rings is 1. The quantitative estimate of drug-likeness (QED) is 0.724. The zero-order valence-corrected chi connectivity index (χ0v) is 17.6. The summed E-state index contributed by atoms with van der Waals surface area (Å²) in [5.41, 5.74) is 0.370. The number of nitrogens with one attached hydrogen (secondary N) is 1. The zero-order valence-electron chi connectivity index (χ0n) is 16.8. The maximum atomic E-state index is 12.9. The first-order valence-corrected chi connectivity index (χ1v) is 11.3. The van der Waals surface area contributed by atoms with Crippen LogP contribution in [0.15, 0.2) is 9.42 Å². The van der Waals surface area contributed by atoms with Crippen molar-refractivity contribution in [3.05, 3.63) is 11.5 Å². The topological polar surface area (TPSA) is 105 Å². The lowest BCUT2D eigenvalue weighted by molar-refractivity contribution is -0.126. The number of aromatic nitrogens is 1. The molecule has 1 atom stereocenters. The fourth-order valence-corrected chi connectivity index (χ4v) is 5.63. The van der Waals surface area contributed by atoms with Crippen LogP contribution in [-0.2, 0) is 19.6 Å². The second kappa shape index (κ2) is 8.89. The smallest absolute Gasteiger partial charge is 0.248 e. The zero-order chi connectivity index (χ0) is 20.3. The fraction of sp³-hybridized carbons (Fsp3) is 0.778. The molecule has 1 N–H and O–H groups in total. The number of hydrogen-bond acceptors (Lipinski definition) is 7. The summed E-state index contributed by atoms with van der Waals surface area (Å²) in [5.74, 6) is 0.150. The Bertz CT molecular complexity index is 760. The summed E-state index contributed by atoms with van der Waals surface area (Å²) in [6.45, 7) is 9.80. The van der Waals surface area contributed by atoms with E-state index in [0.29, 0.717) is 43.9 Å². The van der Waals surface area contributed by atoms with Crippen molar-refractivity contribution < 1.29 is 22.5 Å². The number of carbonyl (C=O) groups is 1. The molecule has 3 rings (SSSR count). The molecule has 2 aliphatic heterocycles. The molecule has 1 aromatic rings. The number of rotatable bonds is 6. The van der Waals surface area contributed by atoms with Crippen molar-refractivity contribution in [2.24, 2.45) is 5.92 Å². The van der Waals surface area contributed by atoms with Gasteiger partial charge in [-0.1, -0.05) is 5.16 Å². The molecule has 28 heavy (non-hydrogen) atoms. The minimum Gasteiger partial charge on any atom is -0.379 e. The molecule has 0 spiro atoms. The highest BCUT2D eigenvalue weighted by Gasteiger charge is 2.35. The Labute approximate surface area is 166 Å². The summed E-state index contributed by atoms with van der Waals surface area (Å²) in [6, 6.07) is 0.257. The van der Waals surface area contributed by atoms with Crippen LogP contribution in [0, 0.1) is 19.8 Å². The lowest BCUT2D eigenvalue weighted by atomic mass is 9.97. The first-order chi connectivity index (χ1) is 13.3. The van der Waals surface area contributed by atoms with Crippen LogP contribution >= 0.6 is 0 Å². The van der Waals surface area contributed by atoms with E-state index in [2.05, 4.69) is 22.3 Å². The van der Waals surface area contributed by atoms with Crippen LogP contribution in [0.2, 0.25) is 0 Å². The van der Waals surface area contributed by atoms with Gasteiger partial charge in [0.15, 0.2) is 5.76 Å². The summed E-state index contributed by atoms with van der Waals surface area (Å²) in [6.07, 6.45) is 1.03. The number of amides is 1. The summed E-state index contributed by atoms with van der Waals surface area (Å²) in [4.78, 5) is 15.0. The van der Waals surface area contributed by atoms with Gasteiger partial charge in [-0.3, -0.25) is 9.69 Å². The second-order valence-corrected chi connectivity index (χ2v) is 9.45. The van der Waals surface area contributed by atoms with E-state index in [1.54, 1.807) is 13.8 Å². The molecule has 3 heterocycles. The SMILES string of the molecule is Cc1noc(C)c1S(=O)(=O)N1CCC(C(=O)NCC(C)N2CCOCC2)CC1. The van der Waals surface area contributed by atoms with E-state index in [4.69, 9.17) is 9.26 Å². The molecule has 2 fully saturated rings. The van der Waals surface area contributed by atoms with E-state index in [-0.39, 0.29) is 22.8 Å². The molecule has 0 aliphatic carbocycles. The Hall–Kier alpha value is -1.49. The summed E-state index contributed by atoms with van der Waals surface area (Å²) < 4.78 is 37.5. The Morgan fingerprint density at radius 3 is 2.43 bits per heavy atom. The molecule has 158 valence electrons. The maximum absolute atomic E-state index is 12.9. The van der Waals surface area contributed by atoms with Crippen molar-refractivity contribution in [1.29, 1.82) is 0 Å². The van der Waals surface area contributed by atoms with Gasteiger partial charge in [0.1, 0.15) is 10.6 Å². The molecule has 10 heteroatoms. The summed E-state index contributed by atoms with van der Waals surface area (Å²) in [5, 5.41) is 6.78. The molecule has 0 radical (unpaired) electrons. The summed E-state index contributed by atoms with van der Waals surface area (Å²) in [7, 11) is -3.64. The highest BCUT2D eigenvalue weighted by Crippen LogP contribution is 2.27. The van der Waals surface area contributed by atoms with Gasteiger partial charge in [-0.05, 0) is 33.6 Å². The first-order valence-electron chi connectivity index (χ1n) is 9.83. The van der Waals surface area contributed by atoms with E-state index in [9.17, 15) is 13.2 Å². The molecule has 2 saturated heterocycles. The van der Waals surface area contributed by atoms with Crippen LogP contribution in [0.25, 0.3) is 0 Å². The number of morpholine rings is 1. The molecular formula is C18H30N4O5S. The van der Waals surface area contributed by atoms with Gasteiger partial charge < -0.3 is 14.6 Å². The lowest BCUT2D eigenvalue weighted by Gasteiger charge is -2.33. The Balaban J connectivity index is 1.50. The van der Waals surface area contributed by atoms with Crippen LogP contribution in [-0.4, -0.2) is 80.7 Å².